The Labute approximate surface area is 109 Å². The second-order valence-electron chi connectivity index (χ2n) is 3.62. The minimum Gasteiger partial charge on any atom is -0.463 e. The number of ether oxygens (including phenoxy) is 1. The molecule has 0 saturated carbocycles. The van der Waals surface area contributed by atoms with Gasteiger partial charge in [0.05, 0.1) is 0 Å². The van der Waals surface area contributed by atoms with Crippen LogP contribution < -0.4 is 0 Å². The fourth-order valence-corrected chi connectivity index (χ4v) is 2.59. The Kier molecular flexibility index (Phi) is 3.82. The Hall–Kier alpha value is -1.32. The van der Waals surface area contributed by atoms with E-state index in [4.69, 9.17) is 16.3 Å². The number of benzene rings is 1. The van der Waals surface area contributed by atoms with Gasteiger partial charge in [0.2, 0.25) is 0 Å². The molecule has 2 nitrogen and oxygen atoms in total. The quantitative estimate of drug-likeness (QED) is 0.781. The Balaban J connectivity index is 2.33. The summed E-state index contributed by atoms with van der Waals surface area (Å²) < 4.78 is 4.73. The van der Waals surface area contributed by atoms with Gasteiger partial charge in [-0.1, -0.05) is 17.7 Å². The highest BCUT2D eigenvalue weighted by Crippen LogP contribution is 2.30. The van der Waals surface area contributed by atoms with Gasteiger partial charge in [-0.05, 0) is 36.8 Å². The normalized spacial score (nSPS) is 10.2. The minimum atomic E-state index is 0.209. The molecule has 0 spiro atoms. The van der Waals surface area contributed by atoms with Crippen molar-refractivity contribution in [3.63, 3.8) is 0 Å². The Morgan fingerprint density at radius 2 is 2.18 bits per heavy atom. The van der Waals surface area contributed by atoms with Crippen molar-refractivity contribution >= 4 is 29.4 Å². The van der Waals surface area contributed by atoms with E-state index >= 15 is 0 Å². The van der Waals surface area contributed by atoms with Crippen LogP contribution in [0.3, 0.4) is 0 Å². The zero-order valence-electron chi connectivity index (χ0n) is 9.27. The predicted molar refractivity (Wildman–Crippen MR) is 70.4 cm³/mol. The molecule has 17 heavy (non-hydrogen) atoms. The molecule has 1 heterocycles. The van der Waals surface area contributed by atoms with Gasteiger partial charge < -0.3 is 4.74 Å². The third kappa shape index (κ3) is 2.87. The summed E-state index contributed by atoms with van der Waals surface area (Å²) in [6, 6.07) is 9.91. The first-order chi connectivity index (χ1) is 8.20. The summed E-state index contributed by atoms with van der Waals surface area (Å²) in [5.41, 5.74) is 1.92. The van der Waals surface area contributed by atoms with Crippen molar-refractivity contribution < 1.29 is 9.53 Å². The number of aryl methyl sites for hydroxylation is 1. The molecule has 0 radical (unpaired) electrons. The molecule has 88 valence electrons. The molecule has 0 aliphatic carbocycles. The molecule has 0 amide bonds. The first-order valence-electron chi connectivity index (χ1n) is 5.11. The molecule has 0 unspecified atom stereocenters. The number of halogens is 1. The van der Waals surface area contributed by atoms with Crippen LogP contribution in [0.2, 0.25) is 5.02 Å². The van der Waals surface area contributed by atoms with E-state index in [9.17, 15) is 4.79 Å². The van der Waals surface area contributed by atoms with Crippen molar-refractivity contribution in [1.29, 1.82) is 0 Å². The maximum Gasteiger partial charge on any atom is 0.293 e. The Morgan fingerprint density at radius 3 is 2.82 bits per heavy atom. The van der Waals surface area contributed by atoms with Crippen molar-refractivity contribution in [1.82, 2.24) is 0 Å². The van der Waals surface area contributed by atoms with E-state index in [1.54, 1.807) is 11.3 Å². The van der Waals surface area contributed by atoms with Crippen LogP contribution in [0.15, 0.2) is 30.3 Å². The van der Waals surface area contributed by atoms with E-state index in [-0.39, 0.29) is 6.61 Å². The van der Waals surface area contributed by atoms with Crippen LogP contribution in [0.25, 0.3) is 10.4 Å². The summed E-state index contributed by atoms with van der Waals surface area (Å²) in [7, 11) is 0. The van der Waals surface area contributed by atoms with Gasteiger partial charge in [-0.2, -0.15) is 0 Å². The monoisotopic (exact) mass is 266 g/mol. The van der Waals surface area contributed by atoms with Gasteiger partial charge in [0, 0.05) is 20.3 Å². The Bertz CT molecular complexity index is 534. The first-order valence-corrected chi connectivity index (χ1v) is 6.30. The third-order valence-corrected chi connectivity index (χ3v) is 3.80. The minimum absolute atomic E-state index is 0.209. The number of carbonyl (C=O) groups excluding carboxylic acids is 1. The first kappa shape index (κ1) is 12.1. The zero-order chi connectivity index (χ0) is 12.3. The fourth-order valence-electron chi connectivity index (χ4n) is 1.55. The second-order valence-corrected chi connectivity index (χ2v) is 5.32. The number of hydrogen-bond donors (Lipinski definition) is 0. The van der Waals surface area contributed by atoms with E-state index in [2.05, 4.69) is 19.1 Å². The zero-order valence-corrected chi connectivity index (χ0v) is 10.8. The van der Waals surface area contributed by atoms with Crippen LogP contribution in [0, 0.1) is 6.92 Å². The van der Waals surface area contributed by atoms with E-state index in [0.29, 0.717) is 11.5 Å². The van der Waals surface area contributed by atoms with Gasteiger partial charge in [0.25, 0.3) is 6.47 Å². The summed E-state index contributed by atoms with van der Waals surface area (Å²) in [5, 5.41) is 0.615. The van der Waals surface area contributed by atoms with Crippen LogP contribution in [0.5, 0.6) is 0 Å². The van der Waals surface area contributed by atoms with Crippen LogP contribution >= 0.6 is 22.9 Å². The van der Waals surface area contributed by atoms with Gasteiger partial charge >= 0.3 is 0 Å². The number of carbonyl (C=O) groups is 1. The molecule has 2 rings (SSSR count). The molecule has 4 heteroatoms. The van der Waals surface area contributed by atoms with Crippen molar-refractivity contribution in [2.45, 2.75) is 13.5 Å². The highest BCUT2D eigenvalue weighted by molar-refractivity contribution is 7.15. The summed E-state index contributed by atoms with van der Waals surface area (Å²) in [6.45, 7) is 2.71. The maximum absolute atomic E-state index is 10.2. The fraction of sp³-hybridized carbons (Fsp3) is 0.154. The molecule has 0 fully saturated rings. The molecule has 0 N–H and O–H groups in total. The lowest BCUT2D eigenvalue weighted by atomic mass is 10.1. The summed E-state index contributed by atoms with van der Waals surface area (Å²) in [6.07, 6.45) is 0. The van der Waals surface area contributed by atoms with Crippen molar-refractivity contribution in [3.05, 3.63) is 45.8 Å². The smallest absolute Gasteiger partial charge is 0.293 e. The highest BCUT2D eigenvalue weighted by atomic mass is 35.5. The second kappa shape index (κ2) is 5.34. The van der Waals surface area contributed by atoms with Crippen LogP contribution in [-0.2, 0) is 16.1 Å². The number of hydrogen-bond acceptors (Lipinski definition) is 3. The molecule has 1 aromatic heterocycles. The van der Waals surface area contributed by atoms with Gasteiger partial charge in [-0.25, -0.2) is 0 Å². The van der Waals surface area contributed by atoms with Crippen molar-refractivity contribution in [2.75, 3.05) is 0 Å². The van der Waals surface area contributed by atoms with Crippen LogP contribution in [-0.4, -0.2) is 6.47 Å². The molecule has 0 aliphatic rings. The van der Waals surface area contributed by atoms with Gasteiger partial charge in [-0.15, -0.1) is 11.3 Å². The maximum atomic E-state index is 10.2. The average molecular weight is 267 g/mol. The van der Waals surface area contributed by atoms with Crippen LogP contribution in [0.1, 0.15) is 10.4 Å². The largest absolute Gasteiger partial charge is 0.463 e. The summed E-state index contributed by atoms with van der Waals surface area (Å²) in [5.74, 6) is 0. The molecule has 0 saturated heterocycles. The van der Waals surface area contributed by atoms with E-state index in [1.807, 2.05) is 18.2 Å². The van der Waals surface area contributed by atoms with Gasteiger partial charge in [-0.3, -0.25) is 4.79 Å². The molecular weight excluding hydrogens is 256 g/mol. The third-order valence-electron chi connectivity index (χ3n) is 2.38. The lowest BCUT2D eigenvalue weighted by Crippen LogP contribution is -1.91. The van der Waals surface area contributed by atoms with Gasteiger partial charge in [0.1, 0.15) is 6.61 Å². The van der Waals surface area contributed by atoms with Gasteiger partial charge in [0.15, 0.2) is 0 Å². The molecule has 2 aromatic rings. The van der Waals surface area contributed by atoms with E-state index in [0.717, 1.165) is 11.1 Å². The topological polar surface area (TPSA) is 26.3 Å². The lowest BCUT2D eigenvalue weighted by Gasteiger charge is -2.05. The molecule has 0 atom stereocenters. The lowest BCUT2D eigenvalue weighted by molar-refractivity contribution is -0.129. The SMILES string of the molecule is Cc1ccc(-c2ccc(Cl)c(COC=O)c2)s1. The molecular formula is C13H11ClO2S. The highest BCUT2D eigenvalue weighted by Gasteiger charge is 2.06. The van der Waals surface area contributed by atoms with E-state index in [1.165, 1.54) is 9.75 Å². The van der Waals surface area contributed by atoms with Crippen LogP contribution in [0.4, 0.5) is 0 Å². The predicted octanol–water partition coefficient (Wildman–Crippen LogP) is 4.05. The summed E-state index contributed by atoms with van der Waals surface area (Å²) >= 11 is 7.76. The number of rotatable bonds is 4. The molecule has 0 bridgehead atoms. The number of thiophene rings is 1. The standard InChI is InChI=1S/C13H11ClO2S/c1-9-2-5-13(17-9)10-3-4-12(14)11(6-10)7-16-8-15/h2-6,8H,7H2,1H3. The van der Waals surface area contributed by atoms with Crippen molar-refractivity contribution in [2.24, 2.45) is 0 Å². The van der Waals surface area contributed by atoms with E-state index < -0.39 is 0 Å². The molecule has 0 aliphatic heterocycles. The molecule has 1 aromatic carbocycles. The summed E-state index contributed by atoms with van der Waals surface area (Å²) in [4.78, 5) is 12.6. The van der Waals surface area contributed by atoms with Crippen molar-refractivity contribution in [3.8, 4) is 10.4 Å². The Morgan fingerprint density at radius 1 is 1.35 bits per heavy atom. The average Bonchev–Trinajstić information content (AvgIpc) is 2.75.